The maximum atomic E-state index is 12.3. The summed E-state index contributed by atoms with van der Waals surface area (Å²) >= 11 is 1.64. The highest BCUT2D eigenvalue weighted by molar-refractivity contribution is 7.10. The molecule has 2 aromatic rings. The van der Waals surface area contributed by atoms with Crippen molar-refractivity contribution in [2.45, 2.75) is 25.7 Å². The largest absolute Gasteiger partial charge is 0.343 e. The summed E-state index contributed by atoms with van der Waals surface area (Å²) in [6.07, 6.45) is 9.65. The predicted octanol–water partition coefficient (Wildman–Crippen LogP) is 2.98. The number of hydrogen-bond donors (Lipinski definition) is 2. The second-order valence-electron chi connectivity index (χ2n) is 5.71. The van der Waals surface area contributed by atoms with Crippen LogP contribution < -0.4 is 10.6 Å². The lowest BCUT2D eigenvalue weighted by Gasteiger charge is -2.12. The van der Waals surface area contributed by atoms with Gasteiger partial charge in [0.25, 0.3) is 5.91 Å². The molecule has 2 amide bonds. The molecule has 1 heterocycles. The summed E-state index contributed by atoms with van der Waals surface area (Å²) in [6.45, 7) is -0.0657. The number of benzene rings is 1. The first kappa shape index (κ1) is 16.3. The SMILES string of the molecule is C#Cc1cccc(NC(=O)CNC(=O)c2csc3c2CCCC3)c1. The van der Waals surface area contributed by atoms with E-state index in [0.29, 0.717) is 11.3 Å². The molecule has 0 spiro atoms. The molecule has 0 atom stereocenters. The molecule has 1 aliphatic rings. The first-order valence-corrected chi connectivity index (χ1v) is 8.79. The zero-order valence-electron chi connectivity index (χ0n) is 13.2. The summed E-state index contributed by atoms with van der Waals surface area (Å²) in [6, 6.07) is 7.04. The Morgan fingerprint density at radius 2 is 2.08 bits per heavy atom. The van der Waals surface area contributed by atoms with Crippen molar-refractivity contribution < 1.29 is 9.59 Å². The van der Waals surface area contributed by atoms with Gasteiger partial charge in [-0.15, -0.1) is 17.8 Å². The first-order valence-electron chi connectivity index (χ1n) is 7.91. The Morgan fingerprint density at radius 1 is 1.25 bits per heavy atom. The molecule has 0 saturated heterocycles. The molecule has 2 N–H and O–H groups in total. The predicted molar refractivity (Wildman–Crippen MR) is 96.3 cm³/mol. The molecule has 122 valence electrons. The second kappa shape index (κ2) is 7.33. The van der Waals surface area contributed by atoms with E-state index in [1.807, 2.05) is 5.38 Å². The van der Waals surface area contributed by atoms with Gasteiger partial charge in [0.1, 0.15) is 0 Å². The Balaban J connectivity index is 1.57. The van der Waals surface area contributed by atoms with E-state index in [0.717, 1.165) is 30.4 Å². The van der Waals surface area contributed by atoms with Crippen LogP contribution in [-0.2, 0) is 17.6 Å². The topological polar surface area (TPSA) is 58.2 Å². The lowest BCUT2D eigenvalue weighted by atomic mass is 9.96. The lowest BCUT2D eigenvalue weighted by molar-refractivity contribution is -0.115. The molecule has 4 nitrogen and oxygen atoms in total. The van der Waals surface area contributed by atoms with Crippen molar-refractivity contribution in [1.82, 2.24) is 5.32 Å². The minimum atomic E-state index is -0.276. The Morgan fingerprint density at radius 3 is 2.92 bits per heavy atom. The van der Waals surface area contributed by atoms with Crippen LogP contribution in [-0.4, -0.2) is 18.4 Å². The number of hydrogen-bond acceptors (Lipinski definition) is 3. The summed E-state index contributed by atoms with van der Waals surface area (Å²) in [5.41, 5.74) is 3.20. The van der Waals surface area contributed by atoms with Gasteiger partial charge in [0, 0.05) is 21.5 Å². The number of fused-ring (bicyclic) bond motifs is 1. The van der Waals surface area contributed by atoms with Crippen LogP contribution in [0.25, 0.3) is 0 Å². The molecule has 1 aromatic heterocycles. The van der Waals surface area contributed by atoms with Crippen molar-refractivity contribution in [2.24, 2.45) is 0 Å². The van der Waals surface area contributed by atoms with Crippen molar-refractivity contribution in [3.8, 4) is 12.3 Å². The van der Waals surface area contributed by atoms with Gasteiger partial charge in [-0.2, -0.15) is 0 Å². The number of aryl methyl sites for hydroxylation is 1. The zero-order chi connectivity index (χ0) is 16.9. The van der Waals surface area contributed by atoms with E-state index in [9.17, 15) is 9.59 Å². The van der Waals surface area contributed by atoms with Crippen LogP contribution in [0.2, 0.25) is 0 Å². The third-order valence-electron chi connectivity index (χ3n) is 4.03. The molecule has 24 heavy (non-hydrogen) atoms. The van der Waals surface area contributed by atoms with Crippen LogP contribution in [0.15, 0.2) is 29.6 Å². The summed E-state index contributed by atoms with van der Waals surface area (Å²) in [5, 5.41) is 7.33. The van der Waals surface area contributed by atoms with Gasteiger partial charge in [0.15, 0.2) is 0 Å². The molecule has 1 aliphatic carbocycles. The standard InChI is InChI=1S/C19H18N2O2S/c1-2-13-6-5-7-14(10-13)21-18(22)11-20-19(23)16-12-24-17-9-4-3-8-15(16)17/h1,5-7,10,12H,3-4,8-9,11H2,(H,20,23)(H,21,22). The van der Waals surface area contributed by atoms with Gasteiger partial charge in [0.05, 0.1) is 12.1 Å². The average Bonchev–Trinajstić information content (AvgIpc) is 3.04. The van der Waals surface area contributed by atoms with Crippen LogP contribution >= 0.6 is 11.3 Å². The normalized spacial score (nSPS) is 12.8. The smallest absolute Gasteiger partial charge is 0.252 e. The van der Waals surface area contributed by atoms with Crippen molar-refractivity contribution in [1.29, 1.82) is 0 Å². The number of carbonyl (C=O) groups excluding carboxylic acids is 2. The maximum absolute atomic E-state index is 12.3. The molecule has 3 rings (SSSR count). The van der Waals surface area contributed by atoms with Crippen molar-refractivity contribution in [2.75, 3.05) is 11.9 Å². The van der Waals surface area contributed by atoms with Crippen LogP contribution in [0.3, 0.4) is 0 Å². The van der Waals surface area contributed by atoms with E-state index in [1.54, 1.807) is 35.6 Å². The highest BCUT2D eigenvalue weighted by atomic mass is 32.1. The number of amides is 2. The summed E-state index contributed by atoms with van der Waals surface area (Å²) in [4.78, 5) is 25.6. The van der Waals surface area contributed by atoms with Gasteiger partial charge in [-0.05, 0) is 49.4 Å². The van der Waals surface area contributed by atoms with E-state index in [2.05, 4.69) is 16.6 Å². The highest BCUT2D eigenvalue weighted by Crippen LogP contribution is 2.30. The fourth-order valence-electron chi connectivity index (χ4n) is 2.83. The summed E-state index contributed by atoms with van der Waals surface area (Å²) < 4.78 is 0. The quantitative estimate of drug-likeness (QED) is 0.842. The van der Waals surface area contributed by atoms with Gasteiger partial charge in [-0.25, -0.2) is 0 Å². The van der Waals surface area contributed by atoms with Gasteiger partial charge in [-0.3, -0.25) is 9.59 Å². The third-order valence-corrected chi connectivity index (χ3v) is 5.12. The van der Waals surface area contributed by atoms with Crippen molar-refractivity contribution >= 4 is 28.8 Å². The fourth-order valence-corrected chi connectivity index (χ4v) is 3.96. The van der Waals surface area contributed by atoms with Crippen LogP contribution in [0.5, 0.6) is 0 Å². The van der Waals surface area contributed by atoms with Crippen LogP contribution in [0.4, 0.5) is 5.69 Å². The van der Waals surface area contributed by atoms with E-state index in [4.69, 9.17) is 6.42 Å². The molecule has 5 heteroatoms. The minimum absolute atomic E-state index is 0.0657. The van der Waals surface area contributed by atoms with E-state index in [1.165, 1.54) is 11.3 Å². The Bertz CT molecular complexity index is 817. The van der Waals surface area contributed by atoms with Crippen molar-refractivity contribution in [3.05, 3.63) is 51.2 Å². The summed E-state index contributed by atoms with van der Waals surface area (Å²) in [5.74, 6) is 2.06. The maximum Gasteiger partial charge on any atom is 0.252 e. The molecule has 0 aliphatic heterocycles. The third kappa shape index (κ3) is 3.66. The second-order valence-corrected chi connectivity index (χ2v) is 6.68. The van der Waals surface area contributed by atoms with E-state index in [-0.39, 0.29) is 18.4 Å². The number of carbonyl (C=O) groups is 2. The molecule has 0 fully saturated rings. The molecule has 1 aromatic carbocycles. The number of nitrogens with one attached hydrogen (secondary N) is 2. The minimum Gasteiger partial charge on any atom is -0.343 e. The molecule has 0 bridgehead atoms. The highest BCUT2D eigenvalue weighted by Gasteiger charge is 2.20. The van der Waals surface area contributed by atoms with E-state index >= 15 is 0 Å². The average molecular weight is 338 g/mol. The number of thiophene rings is 1. The fraction of sp³-hybridized carbons (Fsp3) is 0.263. The Labute approximate surface area is 145 Å². The monoisotopic (exact) mass is 338 g/mol. The van der Waals surface area contributed by atoms with Gasteiger partial charge >= 0.3 is 0 Å². The molecular formula is C19H18N2O2S. The number of anilines is 1. The summed E-state index contributed by atoms with van der Waals surface area (Å²) in [7, 11) is 0. The van der Waals surface area contributed by atoms with Gasteiger partial charge in [0.2, 0.25) is 5.91 Å². The number of rotatable bonds is 4. The van der Waals surface area contributed by atoms with Crippen molar-refractivity contribution in [3.63, 3.8) is 0 Å². The molecule has 0 saturated carbocycles. The first-order chi connectivity index (χ1) is 11.7. The molecular weight excluding hydrogens is 320 g/mol. The van der Waals surface area contributed by atoms with Crippen LogP contribution in [0, 0.1) is 12.3 Å². The Hall–Kier alpha value is -2.58. The van der Waals surface area contributed by atoms with Gasteiger partial charge < -0.3 is 10.6 Å². The van der Waals surface area contributed by atoms with E-state index < -0.39 is 0 Å². The van der Waals surface area contributed by atoms with Gasteiger partial charge in [-0.1, -0.05) is 12.0 Å². The molecule has 0 radical (unpaired) electrons. The zero-order valence-corrected chi connectivity index (χ0v) is 14.0. The van der Waals surface area contributed by atoms with Crippen LogP contribution in [0.1, 0.15) is 39.2 Å². The molecule has 0 unspecified atom stereocenters. The number of terminal acetylenes is 1. The lowest BCUT2D eigenvalue weighted by Crippen LogP contribution is -2.33. The Kier molecular flexibility index (Phi) is 4.97.